The first-order valence-electron chi connectivity index (χ1n) is 8.93. The summed E-state index contributed by atoms with van der Waals surface area (Å²) in [5.41, 5.74) is 1.92. The molecule has 0 heterocycles. The summed E-state index contributed by atoms with van der Waals surface area (Å²) in [6.07, 6.45) is 0. The Morgan fingerprint density at radius 1 is 0.889 bits per heavy atom. The van der Waals surface area contributed by atoms with Crippen LogP contribution in [0.25, 0.3) is 0 Å². The van der Waals surface area contributed by atoms with Crippen molar-refractivity contribution in [3.8, 4) is 0 Å². The zero-order chi connectivity index (χ0) is 19.8. The van der Waals surface area contributed by atoms with Gasteiger partial charge in [0.25, 0.3) is 0 Å². The van der Waals surface area contributed by atoms with Crippen molar-refractivity contribution >= 4 is 23.4 Å². The lowest BCUT2D eigenvalue weighted by Crippen LogP contribution is -2.43. The molecule has 1 unspecified atom stereocenters. The van der Waals surface area contributed by atoms with Crippen molar-refractivity contribution < 1.29 is 9.59 Å². The number of rotatable bonds is 8. The fourth-order valence-corrected chi connectivity index (χ4v) is 2.91. The van der Waals surface area contributed by atoms with Crippen molar-refractivity contribution in [1.29, 1.82) is 0 Å². The fraction of sp³-hybridized carbons (Fsp3) is 0.333. The van der Waals surface area contributed by atoms with E-state index >= 15 is 0 Å². The zero-order valence-electron chi connectivity index (χ0n) is 15.9. The van der Waals surface area contributed by atoms with Crippen molar-refractivity contribution in [2.24, 2.45) is 0 Å². The highest BCUT2D eigenvalue weighted by atomic mass is 35.5. The lowest BCUT2D eigenvalue weighted by molar-refractivity contribution is -0.125. The van der Waals surface area contributed by atoms with Gasteiger partial charge >= 0.3 is 0 Å². The first kappa shape index (κ1) is 20.9. The number of hydrogen-bond donors (Lipinski definition) is 2. The molecule has 0 bridgehead atoms. The van der Waals surface area contributed by atoms with Crippen molar-refractivity contribution in [3.05, 3.63) is 70.7 Å². The standard InChI is InChI=1S/C21H26ClN3O2/c1-15(2)23-19(26)13-25(3)14-20(27)24-21(16-7-5-4-6-8-16)17-9-11-18(22)12-10-17/h4-12,15,21H,13-14H2,1-3H3,(H,23,26)(H,24,27). The predicted molar refractivity (Wildman–Crippen MR) is 109 cm³/mol. The molecule has 0 radical (unpaired) electrons. The molecule has 2 aromatic carbocycles. The average molecular weight is 388 g/mol. The van der Waals surface area contributed by atoms with Gasteiger partial charge in [0.2, 0.25) is 11.8 Å². The Kier molecular flexibility index (Phi) is 7.82. The Bertz CT molecular complexity index is 748. The molecule has 0 aliphatic carbocycles. The van der Waals surface area contributed by atoms with E-state index in [1.54, 1.807) is 24.1 Å². The summed E-state index contributed by atoms with van der Waals surface area (Å²) in [5, 5.41) is 6.52. The number of amides is 2. The summed E-state index contributed by atoms with van der Waals surface area (Å²) in [5.74, 6) is -0.253. The largest absolute Gasteiger partial charge is 0.353 e. The molecular formula is C21H26ClN3O2. The SMILES string of the molecule is CC(C)NC(=O)CN(C)CC(=O)NC(c1ccccc1)c1ccc(Cl)cc1. The summed E-state index contributed by atoms with van der Waals surface area (Å²) in [4.78, 5) is 26.1. The zero-order valence-corrected chi connectivity index (χ0v) is 16.7. The molecule has 0 spiro atoms. The third kappa shape index (κ3) is 7.04. The Morgan fingerprint density at radius 2 is 1.41 bits per heavy atom. The Hall–Kier alpha value is -2.37. The predicted octanol–water partition coefficient (Wildman–Crippen LogP) is 3.00. The number of nitrogens with one attached hydrogen (secondary N) is 2. The molecule has 27 heavy (non-hydrogen) atoms. The summed E-state index contributed by atoms with van der Waals surface area (Å²) in [7, 11) is 1.75. The number of benzene rings is 2. The molecule has 0 saturated carbocycles. The van der Waals surface area contributed by atoms with Gasteiger partial charge < -0.3 is 10.6 Å². The van der Waals surface area contributed by atoms with Gasteiger partial charge in [0.1, 0.15) is 0 Å². The highest BCUT2D eigenvalue weighted by Gasteiger charge is 2.18. The number of carbonyl (C=O) groups is 2. The van der Waals surface area contributed by atoms with Crippen LogP contribution in [0.1, 0.15) is 31.0 Å². The second kappa shape index (κ2) is 10.1. The van der Waals surface area contributed by atoms with Gasteiger partial charge in [-0.1, -0.05) is 54.1 Å². The summed E-state index contributed by atoms with van der Waals surface area (Å²) in [6.45, 7) is 4.10. The van der Waals surface area contributed by atoms with Gasteiger partial charge in [0, 0.05) is 11.1 Å². The first-order valence-corrected chi connectivity index (χ1v) is 9.30. The van der Waals surface area contributed by atoms with E-state index in [2.05, 4.69) is 10.6 Å². The van der Waals surface area contributed by atoms with Crippen molar-refractivity contribution in [2.75, 3.05) is 20.1 Å². The van der Waals surface area contributed by atoms with E-state index in [1.165, 1.54) is 0 Å². The van der Waals surface area contributed by atoms with Crippen LogP contribution in [0, 0.1) is 0 Å². The van der Waals surface area contributed by atoms with Gasteiger partial charge in [-0.05, 0) is 44.2 Å². The van der Waals surface area contributed by atoms with E-state index in [0.29, 0.717) is 5.02 Å². The Morgan fingerprint density at radius 3 is 1.96 bits per heavy atom. The molecule has 0 fully saturated rings. The van der Waals surface area contributed by atoms with Crippen LogP contribution in [0.4, 0.5) is 0 Å². The number of hydrogen-bond acceptors (Lipinski definition) is 3. The van der Waals surface area contributed by atoms with Crippen LogP contribution in [0.15, 0.2) is 54.6 Å². The second-order valence-corrected chi connectivity index (χ2v) is 7.29. The van der Waals surface area contributed by atoms with E-state index in [-0.39, 0.29) is 37.0 Å². The lowest BCUT2D eigenvalue weighted by atomic mass is 9.98. The van der Waals surface area contributed by atoms with E-state index in [0.717, 1.165) is 11.1 Å². The number of carbonyl (C=O) groups excluding carboxylic acids is 2. The molecule has 2 aromatic rings. The van der Waals surface area contributed by atoms with Crippen LogP contribution in [0.5, 0.6) is 0 Å². The van der Waals surface area contributed by atoms with Crippen LogP contribution in [0.3, 0.4) is 0 Å². The average Bonchev–Trinajstić information content (AvgIpc) is 2.60. The fourth-order valence-electron chi connectivity index (χ4n) is 2.78. The van der Waals surface area contributed by atoms with E-state index < -0.39 is 0 Å². The Balaban J connectivity index is 2.05. The molecule has 1 atom stereocenters. The lowest BCUT2D eigenvalue weighted by Gasteiger charge is -2.22. The molecule has 2 amide bonds. The van der Waals surface area contributed by atoms with E-state index in [9.17, 15) is 9.59 Å². The smallest absolute Gasteiger partial charge is 0.234 e. The van der Waals surface area contributed by atoms with Crippen LogP contribution in [-0.4, -0.2) is 42.9 Å². The monoisotopic (exact) mass is 387 g/mol. The van der Waals surface area contributed by atoms with Crippen LogP contribution in [-0.2, 0) is 9.59 Å². The maximum absolute atomic E-state index is 12.6. The van der Waals surface area contributed by atoms with Crippen molar-refractivity contribution in [1.82, 2.24) is 15.5 Å². The molecule has 6 heteroatoms. The molecule has 2 N–H and O–H groups in total. The first-order chi connectivity index (χ1) is 12.8. The molecular weight excluding hydrogens is 362 g/mol. The molecule has 144 valence electrons. The minimum Gasteiger partial charge on any atom is -0.353 e. The van der Waals surface area contributed by atoms with Gasteiger partial charge in [0.15, 0.2) is 0 Å². The van der Waals surface area contributed by atoms with Gasteiger partial charge in [-0.15, -0.1) is 0 Å². The molecule has 5 nitrogen and oxygen atoms in total. The number of nitrogens with zero attached hydrogens (tertiary/aromatic N) is 1. The van der Waals surface area contributed by atoms with Gasteiger partial charge in [0.05, 0.1) is 19.1 Å². The van der Waals surface area contributed by atoms with E-state index in [1.807, 2.05) is 56.3 Å². The number of halogens is 1. The summed E-state index contributed by atoms with van der Waals surface area (Å²) >= 11 is 5.99. The molecule has 0 aromatic heterocycles. The number of likely N-dealkylation sites (N-methyl/N-ethyl adjacent to an activating group) is 1. The quantitative estimate of drug-likeness (QED) is 0.732. The third-order valence-corrected chi connectivity index (χ3v) is 4.17. The van der Waals surface area contributed by atoms with Crippen molar-refractivity contribution in [3.63, 3.8) is 0 Å². The minimum absolute atomic E-state index is 0.0760. The van der Waals surface area contributed by atoms with Crippen molar-refractivity contribution in [2.45, 2.75) is 25.9 Å². The summed E-state index contributed by atoms with van der Waals surface area (Å²) in [6, 6.07) is 17.0. The highest BCUT2D eigenvalue weighted by Crippen LogP contribution is 2.23. The van der Waals surface area contributed by atoms with Gasteiger partial charge in [-0.3, -0.25) is 14.5 Å². The normalized spacial score (nSPS) is 12.1. The molecule has 0 saturated heterocycles. The molecule has 0 aliphatic rings. The van der Waals surface area contributed by atoms with E-state index in [4.69, 9.17) is 11.6 Å². The van der Waals surface area contributed by atoms with Gasteiger partial charge in [-0.2, -0.15) is 0 Å². The topological polar surface area (TPSA) is 61.4 Å². The molecule has 2 rings (SSSR count). The highest BCUT2D eigenvalue weighted by molar-refractivity contribution is 6.30. The third-order valence-electron chi connectivity index (χ3n) is 3.92. The Labute approximate surface area is 165 Å². The maximum Gasteiger partial charge on any atom is 0.234 e. The van der Waals surface area contributed by atoms with Gasteiger partial charge in [-0.25, -0.2) is 0 Å². The van der Waals surface area contributed by atoms with Crippen LogP contribution >= 0.6 is 11.6 Å². The maximum atomic E-state index is 12.6. The van der Waals surface area contributed by atoms with Crippen LogP contribution < -0.4 is 10.6 Å². The molecule has 0 aliphatic heterocycles. The van der Waals surface area contributed by atoms with Crippen LogP contribution in [0.2, 0.25) is 5.02 Å². The minimum atomic E-state index is -0.283. The summed E-state index contributed by atoms with van der Waals surface area (Å²) < 4.78 is 0. The second-order valence-electron chi connectivity index (χ2n) is 6.86.